The first-order valence-electron chi connectivity index (χ1n) is 9.73. The second-order valence-electron chi connectivity index (χ2n) is 6.88. The van der Waals surface area contributed by atoms with Crippen molar-refractivity contribution in [3.63, 3.8) is 0 Å². The Balaban J connectivity index is 1.62. The highest BCUT2D eigenvalue weighted by Gasteiger charge is 2.20. The van der Waals surface area contributed by atoms with Crippen molar-refractivity contribution in [1.29, 1.82) is 0 Å². The zero-order chi connectivity index (χ0) is 22.4. The smallest absolute Gasteiger partial charge is 0.269 e. The van der Waals surface area contributed by atoms with Gasteiger partial charge in [0.1, 0.15) is 0 Å². The number of methoxy groups -OCH3 is 3. The molecule has 0 aliphatic carbocycles. The Labute approximate surface area is 180 Å². The Bertz CT molecular complexity index is 941. The summed E-state index contributed by atoms with van der Waals surface area (Å²) in [5.41, 5.74) is 1.73. The van der Waals surface area contributed by atoms with Crippen molar-refractivity contribution in [2.45, 2.75) is 0 Å². The van der Waals surface area contributed by atoms with Crippen LogP contribution in [0, 0.1) is 10.1 Å². The molecule has 1 fully saturated rings. The van der Waals surface area contributed by atoms with E-state index in [1.165, 1.54) is 25.3 Å². The molecule has 1 heterocycles. The van der Waals surface area contributed by atoms with E-state index in [0.717, 1.165) is 11.3 Å². The predicted molar refractivity (Wildman–Crippen MR) is 117 cm³/mol. The molecule has 0 atom stereocenters. The third-order valence-corrected chi connectivity index (χ3v) is 5.12. The first-order chi connectivity index (χ1) is 15.0. The van der Waals surface area contributed by atoms with Crippen LogP contribution in [0.2, 0.25) is 0 Å². The Morgan fingerprint density at radius 1 is 0.968 bits per heavy atom. The van der Waals surface area contributed by atoms with Crippen LogP contribution in [0.15, 0.2) is 42.5 Å². The molecule has 0 radical (unpaired) electrons. The Morgan fingerprint density at radius 2 is 1.55 bits per heavy atom. The standard InChI is InChI=1S/C22H25N3O6/c1-29-19-14-16(15-20(30-2)22(19)31-3)4-9-21(26)24-12-10-23(11-13-24)17-5-7-18(8-6-17)25(27)28/h4-9,14-15H,10-13H2,1-3H3/b9-4+. The molecular formula is C22H25N3O6. The lowest BCUT2D eigenvalue weighted by Crippen LogP contribution is -2.48. The number of hydrogen-bond acceptors (Lipinski definition) is 7. The summed E-state index contributed by atoms with van der Waals surface area (Å²) in [6.45, 7) is 2.44. The number of carbonyl (C=O) groups excluding carboxylic acids is 1. The average Bonchev–Trinajstić information content (AvgIpc) is 2.81. The highest BCUT2D eigenvalue weighted by Crippen LogP contribution is 2.38. The summed E-state index contributed by atoms with van der Waals surface area (Å²) in [6.07, 6.45) is 3.25. The fourth-order valence-corrected chi connectivity index (χ4v) is 3.44. The van der Waals surface area contributed by atoms with Gasteiger partial charge < -0.3 is 24.0 Å². The van der Waals surface area contributed by atoms with Crippen molar-refractivity contribution < 1.29 is 23.9 Å². The van der Waals surface area contributed by atoms with E-state index in [0.29, 0.717) is 43.4 Å². The number of nitrogens with zero attached hydrogens (tertiary/aromatic N) is 3. The van der Waals surface area contributed by atoms with Crippen LogP contribution < -0.4 is 19.1 Å². The molecular weight excluding hydrogens is 402 g/mol. The normalized spacial score (nSPS) is 13.9. The van der Waals surface area contributed by atoms with Gasteiger partial charge in [0.05, 0.1) is 26.3 Å². The molecule has 0 N–H and O–H groups in total. The first-order valence-corrected chi connectivity index (χ1v) is 9.73. The fourth-order valence-electron chi connectivity index (χ4n) is 3.44. The van der Waals surface area contributed by atoms with Crippen molar-refractivity contribution in [3.05, 3.63) is 58.2 Å². The maximum atomic E-state index is 12.6. The minimum Gasteiger partial charge on any atom is -0.493 e. The quantitative estimate of drug-likeness (QED) is 0.381. The SMILES string of the molecule is COc1cc(/C=C/C(=O)N2CCN(c3ccc([N+](=O)[O-])cc3)CC2)cc(OC)c1OC. The fraction of sp³-hybridized carbons (Fsp3) is 0.318. The lowest BCUT2D eigenvalue weighted by atomic mass is 10.1. The number of amides is 1. The van der Waals surface area contributed by atoms with Crippen molar-refractivity contribution in [2.75, 3.05) is 52.4 Å². The van der Waals surface area contributed by atoms with E-state index < -0.39 is 4.92 Å². The van der Waals surface area contributed by atoms with Gasteiger partial charge >= 0.3 is 0 Å². The molecule has 2 aromatic carbocycles. The van der Waals surface area contributed by atoms with Crippen LogP contribution in [0.25, 0.3) is 6.08 Å². The van der Waals surface area contributed by atoms with Crippen LogP contribution in [0.4, 0.5) is 11.4 Å². The average molecular weight is 427 g/mol. The maximum absolute atomic E-state index is 12.6. The summed E-state index contributed by atoms with van der Waals surface area (Å²) in [6, 6.07) is 10.0. The Hall–Kier alpha value is -3.75. The monoisotopic (exact) mass is 427 g/mol. The van der Waals surface area contributed by atoms with Crippen LogP contribution in [0.5, 0.6) is 17.2 Å². The van der Waals surface area contributed by atoms with E-state index in [4.69, 9.17) is 14.2 Å². The molecule has 9 nitrogen and oxygen atoms in total. The molecule has 0 aromatic heterocycles. The van der Waals surface area contributed by atoms with E-state index >= 15 is 0 Å². The minimum absolute atomic E-state index is 0.0643. The van der Waals surface area contributed by atoms with Gasteiger partial charge in [-0.2, -0.15) is 0 Å². The molecule has 3 rings (SSSR count). The Morgan fingerprint density at radius 3 is 2.03 bits per heavy atom. The summed E-state index contributed by atoms with van der Waals surface area (Å²) in [5.74, 6) is 1.45. The molecule has 2 aromatic rings. The van der Waals surface area contributed by atoms with Crippen LogP contribution >= 0.6 is 0 Å². The molecule has 0 unspecified atom stereocenters. The van der Waals surface area contributed by atoms with Gasteiger partial charge in [-0.3, -0.25) is 14.9 Å². The van der Waals surface area contributed by atoms with Crippen LogP contribution in [0.3, 0.4) is 0 Å². The lowest BCUT2D eigenvalue weighted by Gasteiger charge is -2.35. The van der Waals surface area contributed by atoms with Crippen LogP contribution in [-0.2, 0) is 4.79 Å². The van der Waals surface area contributed by atoms with Gasteiger partial charge in [0.25, 0.3) is 5.69 Å². The van der Waals surface area contributed by atoms with E-state index in [-0.39, 0.29) is 11.6 Å². The Kier molecular flexibility index (Phi) is 6.96. The highest BCUT2D eigenvalue weighted by atomic mass is 16.6. The maximum Gasteiger partial charge on any atom is 0.269 e. The van der Waals surface area contributed by atoms with Crippen molar-refractivity contribution >= 4 is 23.4 Å². The molecule has 164 valence electrons. The second kappa shape index (κ2) is 9.84. The third-order valence-electron chi connectivity index (χ3n) is 5.12. The topological polar surface area (TPSA) is 94.4 Å². The number of non-ortho nitro benzene ring substituents is 1. The number of hydrogen-bond donors (Lipinski definition) is 0. The number of anilines is 1. The van der Waals surface area contributed by atoms with Crippen molar-refractivity contribution in [3.8, 4) is 17.2 Å². The highest BCUT2D eigenvalue weighted by molar-refractivity contribution is 5.92. The zero-order valence-corrected chi connectivity index (χ0v) is 17.7. The number of piperazine rings is 1. The van der Waals surface area contributed by atoms with Crippen LogP contribution in [-0.4, -0.2) is 63.2 Å². The third kappa shape index (κ3) is 5.06. The molecule has 1 aliphatic heterocycles. The number of carbonyl (C=O) groups is 1. The van der Waals surface area contributed by atoms with Gasteiger partial charge in [-0.1, -0.05) is 0 Å². The molecule has 0 bridgehead atoms. The first kappa shape index (κ1) is 21.9. The zero-order valence-electron chi connectivity index (χ0n) is 17.7. The van der Waals surface area contributed by atoms with Gasteiger partial charge in [0.15, 0.2) is 11.5 Å². The van der Waals surface area contributed by atoms with Gasteiger partial charge in [-0.15, -0.1) is 0 Å². The molecule has 1 aliphatic rings. The largest absolute Gasteiger partial charge is 0.493 e. The number of ether oxygens (including phenoxy) is 3. The van der Waals surface area contributed by atoms with Gasteiger partial charge in [0, 0.05) is 50.1 Å². The molecule has 31 heavy (non-hydrogen) atoms. The van der Waals surface area contributed by atoms with Crippen molar-refractivity contribution in [1.82, 2.24) is 4.90 Å². The van der Waals surface area contributed by atoms with E-state index in [9.17, 15) is 14.9 Å². The molecule has 1 saturated heterocycles. The number of rotatable bonds is 7. The van der Waals surface area contributed by atoms with E-state index in [1.807, 2.05) is 0 Å². The summed E-state index contributed by atoms with van der Waals surface area (Å²) in [5, 5.41) is 10.8. The number of benzene rings is 2. The number of nitro benzene ring substituents is 1. The molecule has 1 amide bonds. The van der Waals surface area contributed by atoms with Gasteiger partial charge in [0.2, 0.25) is 11.7 Å². The predicted octanol–water partition coefficient (Wildman–Crippen LogP) is 2.98. The lowest BCUT2D eigenvalue weighted by molar-refractivity contribution is -0.384. The van der Waals surface area contributed by atoms with Gasteiger partial charge in [-0.05, 0) is 35.9 Å². The second-order valence-corrected chi connectivity index (χ2v) is 6.88. The van der Waals surface area contributed by atoms with Gasteiger partial charge in [-0.25, -0.2) is 0 Å². The van der Waals surface area contributed by atoms with E-state index in [1.54, 1.807) is 49.5 Å². The molecule has 0 saturated carbocycles. The number of nitro groups is 1. The summed E-state index contributed by atoms with van der Waals surface area (Å²) < 4.78 is 16.0. The minimum atomic E-state index is -0.416. The molecule has 0 spiro atoms. The van der Waals surface area contributed by atoms with Crippen LogP contribution in [0.1, 0.15) is 5.56 Å². The summed E-state index contributed by atoms with van der Waals surface area (Å²) >= 11 is 0. The molecule has 9 heteroatoms. The summed E-state index contributed by atoms with van der Waals surface area (Å²) in [7, 11) is 4.62. The van der Waals surface area contributed by atoms with E-state index in [2.05, 4.69) is 4.90 Å². The summed E-state index contributed by atoms with van der Waals surface area (Å²) in [4.78, 5) is 26.9. The van der Waals surface area contributed by atoms with Crippen molar-refractivity contribution in [2.24, 2.45) is 0 Å².